The molecule has 1 aliphatic carbocycles. The molecule has 0 spiro atoms. The van der Waals surface area contributed by atoms with Crippen molar-refractivity contribution < 1.29 is 13.6 Å². The Labute approximate surface area is 151 Å². The van der Waals surface area contributed by atoms with Crippen molar-refractivity contribution in [3.8, 4) is 0 Å². The van der Waals surface area contributed by atoms with Crippen LogP contribution in [0.5, 0.6) is 0 Å². The average molecular weight is 371 g/mol. The zero-order chi connectivity index (χ0) is 19.1. The number of hydrogen-bond donors (Lipinski definition) is 0. The molecule has 0 bridgehead atoms. The Morgan fingerprint density at radius 1 is 0.917 bits per heavy atom. The summed E-state index contributed by atoms with van der Waals surface area (Å²) >= 11 is 0. The molecule has 24 heavy (non-hydrogen) atoms. The Hall–Kier alpha value is -0.236. The zero-order valence-electron chi connectivity index (χ0n) is 17.5. The van der Waals surface area contributed by atoms with Gasteiger partial charge in [0.15, 0.2) is 22.4 Å². The minimum atomic E-state index is -1.95. The van der Waals surface area contributed by atoms with Crippen molar-refractivity contribution >= 4 is 22.4 Å². The van der Waals surface area contributed by atoms with Crippen LogP contribution >= 0.6 is 0 Å². The fourth-order valence-corrected chi connectivity index (χ4v) is 4.99. The van der Waals surface area contributed by atoms with Crippen LogP contribution in [0.2, 0.25) is 36.3 Å². The van der Waals surface area contributed by atoms with E-state index in [-0.39, 0.29) is 28.1 Å². The Balaban J connectivity index is 2.93. The van der Waals surface area contributed by atoms with E-state index in [0.29, 0.717) is 12.0 Å². The molecular formula is C19H38O3Si2. The quantitative estimate of drug-likeness (QED) is 0.471. The number of hydrogen-bond acceptors (Lipinski definition) is 3. The van der Waals surface area contributed by atoms with Gasteiger partial charge in [0.25, 0.3) is 0 Å². The van der Waals surface area contributed by atoms with Crippen molar-refractivity contribution in [1.29, 1.82) is 0 Å². The molecule has 0 aromatic rings. The Kier molecular flexibility index (Phi) is 6.20. The second kappa shape index (κ2) is 6.82. The van der Waals surface area contributed by atoms with Gasteiger partial charge in [0.05, 0.1) is 12.2 Å². The molecule has 0 aromatic heterocycles. The van der Waals surface area contributed by atoms with Crippen molar-refractivity contribution in [3.05, 3.63) is 12.2 Å². The summed E-state index contributed by atoms with van der Waals surface area (Å²) < 4.78 is 13.0. The maximum absolute atomic E-state index is 12.5. The average Bonchev–Trinajstić information content (AvgIpc) is 2.31. The maximum Gasteiger partial charge on any atom is 0.192 e. The number of carbonyl (C=O) groups is 1. The lowest BCUT2D eigenvalue weighted by Crippen LogP contribution is -2.50. The van der Waals surface area contributed by atoms with Gasteiger partial charge in [-0.05, 0) is 36.3 Å². The molecule has 1 saturated carbocycles. The minimum absolute atomic E-state index is 0.0429. The molecule has 2 atom stereocenters. The van der Waals surface area contributed by atoms with Crippen LogP contribution in [0.25, 0.3) is 0 Å². The van der Waals surface area contributed by atoms with Crippen LogP contribution in [0.4, 0.5) is 0 Å². The lowest BCUT2D eigenvalue weighted by molar-refractivity contribution is -0.120. The Morgan fingerprint density at radius 2 is 1.33 bits per heavy atom. The molecule has 0 N–H and O–H groups in total. The first-order chi connectivity index (χ1) is 10.5. The van der Waals surface area contributed by atoms with E-state index in [2.05, 4.69) is 74.3 Å². The molecule has 0 aromatic carbocycles. The van der Waals surface area contributed by atoms with Gasteiger partial charge in [-0.2, -0.15) is 0 Å². The summed E-state index contributed by atoms with van der Waals surface area (Å²) in [5, 5.41) is 0.254. The van der Waals surface area contributed by atoms with Gasteiger partial charge in [-0.15, -0.1) is 0 Å². The summed E-state index contributed by atoms with van der Waals surface area (Å²) in [7, 11) is -3.84. The molecule has 0 radical (unpaired) electrons. The van der Waals surface area contributed by atoms with E-state index in [4.69, 9.17) is 8.85 Å². The van der Waals surface area contributed by atoms with Crippen molar-refractivity contribution in [1.82, 2.24) is 0 Å². The van der Waals surface area contributed by atoms with Crippen molar-refractivity contribution in [2.75, 3.05) is 0 Å². The molecule has 0 aliphatic heterocycles. The van der Waals surface area contributed by atoms with Crippen LogP contribution in [0.3, 0.4) is 0 Å². The fraction of sp³-hybridized carbons (Fsp3) is 0.842. The van der Waals surface area contributed by atoms with E-state index in [9.17, 15) is 4.79 Å². The molecule has 3 nitrogen and oxygen atoms in total. The Bertz CT molecular complexity index is 496. The maximum atomic E-state index is 12.5. The van der Waals surface area contributed by atoms with Gasteiger partial charge < -0.3 is 8.85 Å². The minimum Gasteiger partial charge on any atom is -0.413 e. The van der Waals surface area contributed by atoms with E-state index in [1.807, 2.05) is 0 Å². The van der Waals surface area contributed by atoms with Gasteiger partial charge >= 0.3 is 0 Å². The van der Waals surface area contributed by atoms with Crippen molar-refractivity contribution in [2.45, 2.75) is 103 Å². The zero-order valence-corrected chi connectivity index (χ0v) is 19.5. The molecule has 1 fully saturated rings. The van der Waals surface area contributed by atoms with Crippen molar-refractivity contribution in [3.63, 3.8) is 0 Å². The summed E-state index contributed by atoms with van der Waals surface area (Å²) in [4.78, 5) is 12.5. The smallest absolute Gasteiger partial charge is 0.192 e. The first kappa shape index (κ1) is 21.8. The van der Waals surface area contributed by atoms with E-state index < -0.39 is 16.6 Å². The van der Waals surface area contributed by atoms with E-state index in [0.717, 1.165) is 6.42 Å². The van der Waals surface area contributed by atoms with Crippen LogP contribution in [-0.2, 0) is 13.6 Å². The number of Topliss-reactive ketones (excluding diaryl/α,β-unsaturated/α-hetero) is 1. The monoisotopic (exact) mass is 370 g/mol. The highest BCUT2D eigenvalue weighted by Crippen LogP contribution is 2.42. The van der Waals surface area contributed by atoms with Gasteiger partial charge in [-0.25, -0.2) is 0 Å². The van der Waals surface area contributed by atoms with Crippen LogP contribution in [0, 0.1) is 0 Å². The molecule has 0 heterocycles. The molecule has 1 rings (SSSR count). The third-order valence-corrected chi connectivity index (χ3v) is 15.2. The second-order valence-corrected chi connectivity index (χ2v) is 19.8. The number of rotatable bonds is 4. The van der Waals surface area contributed by atoms with Crippen LogP contribution in [0.1, 0.15) is 54.4 Å². The summed E-state index contributed by atoms with van der Waals surface area (Å²) in [5.41, 5.74) is 0.634. The highest BCUT2D eigenvalue weighted by Gasteiger charge is 2.45. The summed E-state index contributed by atoms with van der Waals surface area (Å²) in [6.07, 6.45) is 0.965. The predicted octanol–water partition coefficient (Wildman–Crippen LogP) is 5.69. The first-order valence-corrected chi connectivity index (χ1v) is 14.9. The summed E-state index contributed by atoms with van der Waals surface area (Å²) in [6, 6.07) is 0. The van der Waals surface area contributed by atoms with E-state index in [1.165, 1.54) is 0 Å². The van der Waals surface area contributed by atoms with Gasteiger partial charge in [-0.1, -0.05) is 48.1 Å². The van der Waals surface area contributed by atoms with Crippen LogP contribution < -0.4 is 0 Å². The summed E-state index contributed by atoms with van der Waals surface area (Å²) in [5.74, 6) is 0.105. The highest BCUT2D eigenvalue weighted by molar-refractivity contribution is 6.74. The largest absolute Gasteiger partial charge is 0.413 e. The first-order valence-electron chi connectivity index (χ1n) is 9.05. The van der Waals surface area contributed by atoms with Crippen LogP contribution in [-0.4, -0.2) is 34.6 Å². The SMILES string of the molecule is C=C1C(=O)C[C@@H](O[Si](C)(C)C(C)(C)C)C[C@@H]1O[Si](C)(C)C(C)(C)C. The number of ketones is 1. The third kappa shape index (κ3) is 4.90. The van der Waals surface area contributed by atoms with Gasteiger partial charge in [0, 0.05) is 18.4 Å². The molecule has 140 valence electrons. The van der Waals surface area contributed by atoms with Crippen molar-refractivity contribution in [2.24, 2.45) is 0 Å². The van der Waals surface area contributed by atoms with E-state index >= 15 is 0 Å². The van der Waals surface area contributed by atoms with E-state index in [1.54, 1.807) is 0 Å². The molecule has 0 saturated heterocycles. The lowest BCUT2D eigenvalue weighted by atomic mass is 9.90. The second-order valence-electron chi connectivity index (χ2n) is 10.3. The molecule has 5 heteroatoms. The van der Waals surface area contributed by atoms with Crippen LogP contribution in [0.15, 0.2) is 12.2 Å². The molecule has 0 unspecified atom stereocenters. The van der Waals surface area contributed by atoms with Gasteiger partial charge in [0.1, 0.15) is 0 Å². The highest BCUT2D eigenvalue weighted by atomic mass is 28.4. The lowest BCUT2D eigenvalue weighted by Gasteiger charge is -2.44. The summed E-state index contributed by atoms with van der Waals surface area (Å²) in [6.45, 7) is 26.3. The molecular weight excluding hydrogens is 332 g/mol. The molecule has 0 amide bonds. The van der Waals surface area contributed by atoms with Gasteiger partial charge in [0.2, 0.25) is 0 Å². The normalized spacial score (nSPS) is 24.4. The molecule has 1 aliphatic rings. The fourth-order valence-electron chi connectivity index (χ4n) is 2.32. The topological polar surface area (TPSA) is 35.5 Å². The standard InChI is InChI=1S/C19H38O3Si2/c1-14-16(20)12-15(21-23(8,9)18(2,3)4)13-17(14)22-24(10,11)19(5,6)7/h15,17H,1,12-13H2,2-11H3/t15-,17+/m1/s1. The number of carbonyl (C=O) groups excluding carboxylic acids is 1. The Morgan fingerprint density at radius 3 is 1.75 bits per heavy atom. The predicted molar refractivity (Wildman–Crippen MR) is 108 cm³/mol. The third-order valence-electron chi connectivity index (χ3n) is 6.15. The van der Waals surface area contributed by atoms with Gasteiger partial charge in [-0.3, -0.25) is 4.79 Å².